The Morgan fingerprint density at radius 2 is 2.06 bits per heavy atom. The Morgan fingerprint density at radius 1 is 1.28 bits per heavy atom. The minimum atomic E-state index is -3.44. The molecular weight excluding hydrogens is 432 g/mol. The lowest BCUT2D eigenvalue weighted by Gasteiger charge is -2.29. The number of hydrogen-bond donors (Lipinski definition) is 3. The first-order chi connectivity index (χ1) is 15.4. The van der Waals surface area contributed by atoms with Crippen LogP contribution in [0, 0.1) is 0 Å². The number of piperidine rings is 1. The number of aromatic amines is 1. The molecule has 1 fully saturated rings. The van der Waals surface area contributed by atoms with Crippen LogP contribution in [0.25, 0.3) is 27.8 Å². The van der Waals surface area contributed by atoms with Gasteiger partial charge in [0.1, 0.15) is 29.1 Å². The Balaban J connectivity index is 1.58. The maximum atomic E-state index is 12.1. The maximum Gasteiger partial charge on any atom is 0.279 e. The molecule has 4 N–H and O–H groups in total. The lowest BCUT2D eigenvalue weighted by atomic mass is 9.97. The van der Waals surface area contributed by atoms with Crippen LogP contribution in [0.3, 0.4) is 0 Å². The molecule has 1 aromatic carbocycles. The fourth-order valence-corrected chi connectivity index (χ4v) is 5.29. The van der Waals surface area contributed by atoms with E-state index in [-0.39, 0.29) is 5.92 Å². The molecule has 3 aromatic heterocycles. The molecule has 1 aliphatic heterocycles. The monoisotopic (exact) mass is 456 g/mol. The Kier molecular flexibility index (Phi) is 4.99. The number of hydrogen-bond acceptors (Lipinski definition) is 7. The SMILES string of the molecule is CNS(=O)(=O)N1CCC(c2nc(-c3cc4cccc(OC)c4[nH]3)c3c(N)ncnn23)CC1. The van der Waals surface area contributed by atoms with Crippen molar-refractivity contribution in [2.45, 2.75) is 18.8 Å². The van der Waals surface area contributed by atoms with Crippen LogP contribution in [-0.2, 0) is 10.2 Å². The van der Waals surface area contributed by atoms with Crippen LogP contribution in [-0.4, -0.2) is 64.5 Å². The van der Waals surface area contributed by atoms with Crippen LogP contribution in [0.4, 0.5) is 5.82 Å². The summed E-state index contributed by atoms with van der Waals surface area (Å²) in [7, 11) is -0.389. The predicted molar refractivity (Wildman–Crippen MR) is 121 cm³/mol. The summed E-state index contributed by atoms with van der Waals surface area (Å²) < 4.78 is 35.3. The standard InChI is InChI=1S/C20H24N8O3S/c1-22-32(29,30)27-8-6-12(7-9-27)20-26-17(18-19(21)23-11-24-28(18)20)14-10-13-4-3-5-15(31-2)16(13)25-14/h3-5,10-12,22,25H,6-9H2,1-2H3,(H2,21,23,24). The number of nitrogens with two attached hydrogens (primary N) is 1. The van der Waals surface area contributed by atoms with E-state index in [1.165, 1.54) is 17.7 Å². The van der Waals surface area contributed by atoms with Crippen molar-refractivity contribution in [1.82, 2.24) is 33.6 Å². The second kappa shape index (κ2) is 7.73. The van der Waals surface area contributed by atoms with E-state index in [0.717, 1.165) is 28.2 Å². The summed E-state index contributed by atoms with van der Waals surface area (Å²) in [5, 5.41) is 5.40. The highest BCUT2D eigenvalue weighted by Gasteiger charge is 2.31. The summed E-state index contributed by atoms with van der Waals surface area (Å²) in [6.07, 6.45) is 2.67. The van der Waals surface area contributed by atoms with E-state index in [2.05, 4.69) is 19.8 Å². The fourth-order valence-electron chi connectivity index (χ4n) is 4.34. The Morgan fingerprint density at radius 3 is 2.78 bits per heavy atom. The zero-order valence-corrected chi connectivity index (χ0v) is 18.6. The summed E-state index contributed by atoms with van der Waals surface area (Å²) >= 11 is 0. The van der Waals surface area contributed by atoms with Gasteiger partial charge in [0.05, 0.1) is 18.3 Å². The van der Waals surface area contributed by atoms with E-state index in [1.807, 2.05) is 24.3 Å². The van der Waals surface area contributed by atoms with Crippen LogP contribution in [0.2, 0.25) is 0 Å². The molecule has 168 valence electrons. The van der Waals surface area contributed by atoms with Gasteiger partial charge in [0, 0.05) is 31.4 Å². The minimum Gasteiger partial charge on any atom is -0.495 e. The number of ether oxygens (including phenoxy) is 1. The van der Waals surface area contributed by atoms with Crippen molar-refractivity contribution in [2.24, 2.45) is 0 Å². The van der Waals surface area contributed by atoms with E-state index in [0.29, 0.717) is 43.0 Å². The average Bonchev–Trinajstić information content (AvgIpc) is 3.41. The van der Waals surface area contributed by atoms with Crippen molar-refractivity contribution < 1.29 is 13.2 Å². The quantitative estimate of drug-likeness (QED) is 0.413. The predicted octanol–water partition coefficient (Wildman–Crippen LogP) is 1.51. The number of methoxy groups -OCH3 is 1. The van der Waals surface area contributed by atoms with Crippen molar-refractivity contribution in [3.8, 4) is 17.1 Å². The Hall–Kier alpha value is -3.22. The normalized spacial score (nSPS) is 16.2. The molecule has 12 heteroatoms. The van der Waals surface area contributed by atoms with Gasteiger partial charge in [0.2, 0.25) is 0 Å². The number of nitrogen functional groups attached to an aromatic ring is 1. The number of fused-ring (bicyclic) bond motifs is 2. The van der Waals surface area contributed by atoms with E-state index in [4.69, 9.17) is 15.5 Å². The zero-order chi connectivity index (χ0) is 22.5. The number of para-hydroxylation sites is 1. The minimum absolute atomic E-state index is 0.0350. The molecule has 0 amide bonds. The summed E-state index contributed by atoms with van der Waals surface area (Å²) in [6, 6.07) is 7.82. The van der Waals surface area contributed by atoms with E-state index < -0.39 is 10.2 Å². The number of anilines is 1. The molecule has 4 heterocycles. The van der Waals surface area contributed by atoms with Crippen LogP contribution in [0.5, 0.6) is 5.75 Å². The smallest absolute Gasteiger partial charge is 0.279 e. The molecule has 0 radical (unpaired) electrons. The molecule has 1 aliphatic rings. The van der Waals surface area contributed by atoms with Gasteiger partial charge in [-0.2, -0.15) is 17.8 Å². The molecule has 0 spiro atoms. The van der Waals surface area contributed by atoms with Crippen LogP contribution < -0.4 is 15.2 Å². The van der Waals surface area contributed by atoms with Crippen LogP contribution in [0.1, 0.15) is 24.6 Å². The molecular formula is C20H24N8O3S. The van der Waals surface area contributed by atoms with Crippen molar-refractivity contribution in [2.75, 3.05) is 33.0 Å². The first-order valence-corrected chi connectivity index (χ1v) is 11.7. The van der Waals surface area contributed by atoms with Gasteiger partial charge in [-0.3, -0.25) is 0 Å². The topological polar surface area (TPSA) is 144 Å². The van der Waals surface area contributed by atoms with Crippen LogP contribution in [0.15, 0.2) is 30.6 Å². The van der Waals surface area contributed by atoms with E-state index >= 15 is 0 Å². The molecule has 5 rings (SSSR count). The van der Waals surface area contributed by atoms with Crippen molar-refractivity contribution in [1.29, 1.82) is 0 Å². The summed E-state index contributed by atoms with van der Waals surface area (Å²) in [5.74, 6) is 1.85. The number of rotatable bonds is 5. The Labute approximate surface area is 184 Å². The van der Waals surface area contributed by atoms with Gasteiger partial charge in [0.25, 0.3) is 10.2 Å². The van der Waals surface area contributed by atoms with Gasteiger partial charge in [-0.1, -0.05) is 12.1 Å². The van der Waals surface area contributed by atoms with Crippen molar-refractivity contribution in [3.05, 3.63) is 36.4 Å². The maximum absolute atomic E-state index is 12.1. The summed E-state index contributed by atoms with van der Waals surface area (Å²) in [5.41, 5.74) is 9.17. The first kappa shape index (κ1) is 20.7. The summed E-state index contributed by atoms with van der Waals surface area (Å²) in [6.45, 7) is 0.810. The average molecular weight is 457 g/mol. The van der Waals surface area contributed by atoms with Crippen molar-refractivity contribution >= 4 is 32.4 Å². The molecule has 4 aromatic rings. The Bertz CT molecular complexity index is 1400. The van der Waals surface area contributed by atoms with E-state index in [9.17, 15) is 8.42 Å². The number of H-pyrrole nitrogens is 1. The van der Waals surface area contributed by atoms with Crippen molar-refractivity contribution in [3.63, 3.8) is 0 Å². The summed E-state index contributed by atoms with van der Waals surface area (Å²) in [4.78, 5) is 12.5. The molecule has 11 nitrogen and oxygen atoms in total. The highest BCUT2D eigenvalue weighted by molar-refractivity contribution is 7.87. The number of imidazole rings is 1. The highest BCUT2D eigenvalue weighted by atomic mass is 32.2. The van der Waals surface area contributed by atoms with E-state index in [1.54, 1.807) is 11.6 Å². The molecule has 0 atom stereocenters. The third-order valence-electron chi connectivity index (χ3n) is 6.00. The molecule has 1 saturated heterocycles. The van der Waals surface area contributed by atoms with Gasteiger partial charge < -0.3 is 15.5 Å². The second-order valence-electron chi connectivity index (χ2n) is 7.71. The van der Waals surface area contributed by atoms with Gasteiger partial charge in [0.15, 0.2) is 5.82 Å². The highest BCUT2D eigenvalue weighted by Crippen LogP contribution is 2.36. The van der Waals surface area contributed by atoms with Gasteiger partial charge in [-0.25, -0.2) is 19.2 Å². The lowest BCUT2D eigenvalue weighted by molar-refractivity contribution is 0.309. The van der Waals surface area contributed by atoms with Gasteiger partial charge in [-0.15, -0.1) is 0 Å². The third-order valence-corrected chi connectivity index (χ3v) is 7.56. The number of nitrogens with zero attached hydrogens (tertiary/aromatic N) is 5. The number of nitrogens with one attached hydrogen (secondary N) is 2. The molecule has 0 bridgehead atoms. The first-order valence-electron chi connectivity index (χ1n) is 10.3. The number of benzene rings is 1. The number of aromatic nitrogens is 5. The van der Waals surface area contributed by atoms with Gasteiger partial charge >= 0.3 is 0 Å². The molecule has 0 saturated carbocycles. The van der Waals surface area contributed by atoms with Gasteiger partial charge in [-0.05, 0) is 25.0 Å². The third kappa shape index (κ3) is 3.27. The largest absolute Gasteiger partial charge is 0.495 e. The fraction of sp³-hybridized carbons (Fsp3) is 0.350. The zero-order valence-electron chi connectivity index (χ0n) is 17.7. The second-order valence-corrected chi connectivity index (χ2v) is 9.59. The lowest BCUT2D eigenvalue weighted by Crippen LogP contribution is -2.43. The molecule has 0 unspecified atom stereocenters. The molecule has 32 heavy (non-hydrogen) atoms. The molecule has 0 aliphatic carbocycles. The van der Waals surface area contributed by atoms with Crippen LogP contribution >= 0.6 is 0 Å².